The molecule has 0 radical (unpaired) electrons. The summed E-state index contributed by atoms with van der Waals surface area (Å²) in [7, 11) is 1.71. The fourth-order valence-electron chi connectivity index (χ4n) is 3.08. The summed E-state index contributed by atoms with van der Waals surface area (Å²) in [6.45, 7) is 6.28. The second kappa shape index (κ2) is 6.33. The summed E-state index contributed by atoms with van der Waals surface area (Å²) in [4.78, 5) is 2.34. The first kappa shape index (κ1) is 14.3. The van der Waals surface area contributed by atoms with Crippen LogP contribution in [0.25, 0.3) is 0 Å². The summed E-state index contributed by atoms with van der Waals surface area (Å²) in [6, 6.07) is 0. The van der Waals surface area contributed by atoms with E-state index in [0.717, 1.165) is 57.8 Å². The van der Waals surface area contributed by atoms with Gasteiger partial charge in [0, 0.05) is 26.7 Å². The molecule has 0 spiro atoms. The summed E-state index contributed by atoms with van der Waals surface area (Å²) < 4.78 is 10.8. The molecule has 1 unspecified atom stereocenters. The molecule has 1 atom stereocenters. The van der Waals surface area contributed by atoms with Crippen LogP contribution >= 0.6 is 0 Å². The van der Waals surface area contributed by atoms with E-state index in [4.69, 9.17) is 9.47 Å². The standard InChI is InChI=1S/C14H27NO3/c1-12-3-5-14(16,6-4-12)11-15-7-8-18-13(9-15)10-17-2/h12-13,16H,3-11H2,1-2H3. The highest BCUT2D eigenvalue weighted by molar-refractivity contribution is 4.88. The van der Waals surface area contributed by atoms with Crippen molar-refractivity contribution in [3.63, 3.8) is 0 Å². The number of ether oxygens (including phenoxy) is 2. The Hall–Kier alpha value is -0.160. The zero-order valence-corrected chi connectivity index (χ0v) is 11.7. The van der Waals surface area contributed by atoms with E-state index < -0.39 is 5.60 Å². The highest BCUT2D eigenvalue weighted by Gasteiger charge is 2.34. The molecule has 1 aliphatic heterocycles. The Balaban J connectivity index is 1.81. The predicted molar refractivity (Wildman–Crippen MR) is 70.6 cm³/mol. The van der Waals surface area contributed by atoms with Gasteiger partial charge < -0.3 is 14.6 Å². The zero-order valence-electron chi connectivity index (χ0n) is 11.7. The Morgan fingerprint density at radius 3 is 2.78 bits per heavy atom. The van der Waals surface area contributed by atoms with Gasteiger partial charge in [-0.05, 0) is 31.6 Å². The van der Waals surface area contributed by atoms with Gasteiger partial charge in [0.2, 0.25) is 0 Å². The maximum absolute atomic E-state index is 10.6. The third-order valence-electron chi connectivity index (χ3n) is 4.30. The first-order valence-corrected chi connectivity index (χ1v) is 7.16. The number of morpholine rings is 1. The summed E-state index contributed by atoms with van der Waals surface area (Å²) >= 11 is 0. The van der Waals surface area contributed by atoms with E-state index in [9.17, 15) is 5.11 Å². The van der Waals surface area contributed by atoms with E-state index in [1.165, 1.54) is 0 Å². The van der Waals surface area contributed by atoms with Crippen molar-refractivity contribution in [3.8, 4) is 0 Å². The van der Waals surface area contributed by atoms with Crippen LogP contribution in [0.4, 0.5) is 0 Å². The van der Waals surface area contributed by atoms with Crippen molar-refractivity contribution in [3.05, 3.63) is 0 Å². The highest BCUT2D eigenvalue weighted by atomic mass is 16.5. The largest absolute Gasteiger partial charge is 0.389 e. The molecule has 2 fully saturated rings. The van der Waals surface area contributed by atoms with Crippen LogP contribution in [0.15, 0.2) is 0 Å². The number of nitrogens with zero attached hydrogens (tertiary/aromatic N) is 1. The minimum Gasteiger partial charge on any atom is -0.389 e. The molecular formula is C14H27NO3. The van der Waals surface area contributed by atoms with Gasteiger partial charge in [-0.1, -0.05) is 6.92 Å². The van der Waals surface area contributed by atoms with E-state index in [1.54, 1.807) is 7.11 Å². The van der Waals surface area contributed by atoms with E-state index in [-0.39, 0.29) is 6.10 Å². The maximum Gasteiger partial charge on any atom is 0.0935 e. The predicted octanol–water partition coefficient (Wildman–Crippen LogP) is 1.27. The third-order valence-corrected chi connectivity index (χ3v) is 4.30. The average molecular weight is 257 g/mol. The fourth-order valence-corrected chi connectivity index (χ4v) is 3.08. The normalized spacial score (nSPS) is 38.8. The topological polar surface area (TPSA) is 41.9 Å². The number of hydrogen-bond acceptors (Lipinski definition) is 4. The second-order valence-electron chi connectivity index (χ2n) is 6.09. The quantitative estimate of drug-likeness (QED) is 0.823. The molecule has 0 amide bonds. The number of methoxy groups -OCH3 is 1. The van der Waals surface area contributed by atoms with Gasteiger partial charge in [0.25, 0.3) is 0 Å². The van der Waals surface area contributed by atoms with Crippen LogP contribution in [0, 0.1) is 5.92 Å². The first-order chi connectivity index (χ1) is 8.61. The molecule has 4 nitrogen and oxygen atoms in total. The van der Waals surface area contributed by atoms with Crippen LogP contribution in [-0.2, 0) is 9.47 Å². The van der Waals surface area contributed by atoms with Gasteiger partial charge in [-0.3, -0.25) is 4.90 Å². The molecule has 0 aromatic heterocycles. The van der Waals surface area contributed by atoms with Gasteiger partial charge in [-0.15, -0.1) is 0 Å². The summed E-state index contributed by atoms with van der Waals surface area (Å²) in [5.74, 6) is 0.774. The van der Waals surface area contributed by atoms with E-state index in [1.807, 2.05) is 0 Å². The Kier molecular flexibility index (Phi) is 5.01. The number of aliphatic hydroxyl groups is 1. The smallest absolute Gasteiger partial charge is 0.0935 e. The van der Waals surface area contributed by atoms with E-state index in [2.05, 4.69) is 11.8 Å². The number of β-amino-alcohol motifs (C(OH)–C–C–N with tert-alkyl or cyclic N) is 1. The summed E-state index contributed by atoms with van der Waals surface area (Å²) in [5, 5.41) is 10.6. The van der Waals surface area contributed by atoms with Gasteiger partial charge in [0.1, 0.15) is 0 Å². The lowest BCUT2D eigenvalue weighted by Gasteiger charge is -2.41. The van der Waals surface area contributed by atoms with Crippen molar-refractivity contribution < 1.29 is 14.6 Å². The molecule has 1 saturated heterocycles. The molecule has 106 valence electrons. The van der Waals surface area contributed by atoms with E-state index in [0.29, 0.717) is 6.61 Å². The Morgan fingerprint density at radius 2 is 2.11 bits per heavy atom. The Labute approximate surface area is 110 Å². The molecule has 1 heterocycles. The third kappa shape index (κ3) is 3.92. The number of hydrogen-bond donors (Lipinski definition) is 1. The summed E-state index contributed by atoms with van der Waals surface area (Å²) in [6.07, 6.45) is 4.36. The molecule has 0 aromatic rings. The average Bonchev–Trinajstić information content (AvgIpc) is 2.34. The molecule has 2 rings (SSSR count). The summed E-state index contributed by atoms with van der Waals surface area (Å²) in [5.41, 5.74) is -0.471. The van der Waals surface area contributed by atoms with Gasteiger partial charge in [-0.2, -0.15) is 0 Å². The van der Waals surface area contributed by atoms with Crippen molar-refractivity contribution in [2.24, 2.45) is 5.92 Å². The molecular weight excluding hydrogens is 230 g/mol. The molecule has 1 aliphatic carbocycles. The minimum atomic E-state index is -0.471. The van der Waals surface area contributed by atoms with Gasteiger partial charge in [0.05, 0.1) is 24.9 Å². The van der Waals surface area contributed by atoms with Gasteiger partial charge >= 0.3 is 0 Å². The SMILES string of the molecule is COCC1CN(CC2(O)CCC(C)CC2)CCO1. The lowest BCUT2D eigenvalue weighted by atomic mass is 9.79. The van der Waals surface area contributed by atoms with Crippen molar-refractivity contribution in [2.75, 3.05) is 40.0 Å². The number of rotatable bonds is 4. The van der Waals surface area contributed by atoms with Crippen LogP contribution in [0.3, 0.4) is 0 Å². The lowest BCUT2D eigenvalue weighted by molar-refractivity contribution is -0.0936. The van der Waals surface area contributed by atoms with Crippen LogP contribution < -0.4 is 0 Å². The van der Waals surface area contributed by atoms with Crippen LogP contribution in [0.2, 0.25) is 0 Å². The van der Waals surface area contributed by atoms with Crippen molar-refractivity contribution in [1.29, 1.82) is 0 Å². The molecule has 18 heavy (non-hydrogen) atoms. The van der Waals surface area contributed by atoms with Crippen molar-refractivity contribution >= 4 is 0 Å². The molecule has 1 saturated carbocycles. The molecule has 4 heteroatoms. The second-order valence-corrected chi connectivity index (χ2v) is 6.09. The molecule has 0 aromatic carbocycles. The monoisotopic (exact) mass is 257 g/mol. The van der Waals surface area contributed by atoms with Crippen LogP contribution in [-0.4, -0.2) is 61.7 Å². The fraction of sp³-hybridized carbons (Fsp3) is 1.00. The molecule has 0 bridgehead atoms. The Morgan fingerprint density at radius 1 is 1.39 bits per heavy atom. The maximum atomic E-state index is 10.6. The first-order valence-electron chi connectivity index (χ1n) is 7.16. The highest BCUT2D eigenvalue weighted by Crippen LogP contribution is 2.32. The zero-order chi connectivity index (χ0) is 13.0. The van der Waals surface area contributed by atoms with E-state index >= 15 is 0 Å². The molecule has 2 aliphatic rings. The molecule has 1 N–H and O–H groups in total. The Bertz CT molecular complexity index is 249. The van der Waals surface area contributed by atoms with Gasteiger partial charge in [0.15, 0.2) is 0 Å². The van der Waals surface area contributed by atoms with Crippen molar-refractivity contribution in [1.82, 2.24) is 4.90 Å². The minimum absolute atomic E-state index is 0.162. The van der Waals surface area contributed by atoms with Crippen molar-refractivity contribution in [2.45, 2.75) is 44.3 Å². The van der Waals surface area contributed by atoms with Crippen LogP contribution in [0.5, 0.6) is 0 Å². The lowest BCUT2D eigenvalue weighted by Crippen LogP contribution is -2.52. The van der Waals surface area contributed by atoms with Gasteiger partial charge in [-0.25, -0.2) is 0 Å². The van der Waals surface area contributed by atoms with Crippen LogP contribution in [0.1, 0.15) is 32.6 Å².